The van der Waals surface area contributed by atoms with E-state index in [1.165, 1.54) is 7.11 Å². The quantitative estimate of drug-likeness (QED) is 0.464. The van der Waals surface area contributed by atoms with Gasteiger partial charge in [0, 0.05) is 6.54 Å². The number of aryl methyl sites for hydroxylation is 1. The highest BCUT2D eigenvalue weighted by molar-refractivity contribution is 5.86. The maximum atomic E-state index is 13.0. The Kier molecular flexibility index (Phi) is 9.05. The van der Waals surface area contributed by atoms with Crippen molar-refractivity contribution in [2.24, 2.45) is 5.92 Å². The van der Waals surface area contributed by atoms with Crippen molar-refractivity contribution >= 4 is 18.1 Å². The predicted octanol–water partition coefficient (Wildman–Crippen LogP) is 3.45. The Hall–Kier alpha value is -3.56. The molecule has 10 heteroatoms. The Bertz CT molecular complexity index is 978. The first kappa shape index (κ1) is 26.7. The van der Waals surface area contributed by atoms with Gasteiger partial charge in [-0.15, -0.1) is 0 Å². The first-order valence-electron chi connectivity index (χ1n) is 11.1. The SMILES string of the molecule is COC(=O)N[C@H](C(=O)N[C@@H](CNC(=O)OC(C)(C)C)c1ncc(-c2ccc(C)cc2)[nH]1)C(C)C. The Labute approximate surface area is 200 Å². The van der Waals surface area contributed by atoms with Crippen molar-refractivity contribution in [3.05, 3.63) is 41.9 Å². The second-order valence-corrected chi connectivity index (χ2v) is 9.35. The number of carbonyl (C=O) groups excluding carboxylic acids is 3. The van der Waals surface area contributed by atoms with Crippen LogP contribution in [-0.4, -0.2) is 53.4 Å². The first-order chi connectivity index (χ1) is 15.9. The average Bonchev–Trinajstić information content (AvgIpc) is 3.23. The van der Waals surface area contributed by atoms with Crippen molar-refractivity contribution in [3.8, 4) is 11.3 Å². The zero-order valence-corrected chi connectivity index (χ0v) is 20.8. The van der Waals surface area contributed by atoms with Gasteiger partial charge < -0.3 is 30.4 Å². The number of nitrogens with one attached hydrogen (secondary N) is 4. The molecule has 2 atom stereocenters. The molecule has 0 aliphatic rings. The highest BCUT2D eigenvalue weighted by Crippen LogP contribution is 2.20. The van der Waals surface area contributed by atoms with Gasteiger partial charge in [-0.1, -0.05) is 43.7 Å². The minimum absolute atomic E-state index is 0.0184. The Morgan fingerprint density at radius 2 is 1.71 bits per heavy atom. The fourth-order valence-corrected chi connectivity index (χ4v) is 3.09. The minimum Gasteiger partial charge on any atom is -0.453 e. The number of hydrogen-bond acceptors (Lipinski definition) is 6. The van der Waals surface area contributed by atoms with Gasteiger partial charge in [-0.3, -0.25) is 4.79 Å². The molecule has 1 aromatic heterocycles. The molecule has 0 unspecified atom stereocenters. The molecule has 1 aromatic carbocycles. The molecule has 2 aromatic rings. The van der Waals surface area contributed by atoms with E-state index in [2.05, 4.69) is 30.7 Å². The van der Waals surface area contributed by atoms with Gasteiger partial charge in [-0.25, -0.2) is 14.6 Å². The Morgan fingerprint density at radius 1 is 1.06 bits per heavy atom. The first-order valence-corrected chi connectivity index (χ1v) is 11.1. The van der Waals surface area contributed by atoms with Gasteiger partial charge in [0.2, 0.25) is 5.91 Å². The summed E-state index contributed by atoms with van der Waals surface area (Å²) in [7, 11) is 1.23. The van der Waals surface area contributed by atoms with E-state index in [0.717, 1.165) is 16.8 Å². The van der Waals surface area contributed by atoms with Crippen molar-refractivity contribution in [3.63, 3.8) is 0 Å². The molecule has 0 fully saturated rings. The zero-order valence-electron chi connectivity index (χ0n) is 20.8. The van der Waals surface area contributed by atoms with E-state index in [0.29, 0.717) is 5.82 Å². The lowest BCUT2D eigenvalue weighted by atomic mass is 10.0. The van der Waals surface area contributed by atoms with E-state index in [9.17, 15) is 14.4 Å². The molecule has 2 rings (SSSR count). The van der Waals surface area contributed by atoms with Gasteiger partial charge in [0.1, 0.15) is 23.5 Å². The van der Waals surface area contributed by atoms with Crippen LogP contribution in [0.4, 0.5) is 9.59 Å². The van der Waals surface area contributed by atoms with Gasteiger partial charge in [0.05, 0.1) is 19.0 Å². The van der Waals surface area contributed by atoms with Crippen LogP contribution < -0.4 is 16.0 Å². The van der Waals surface area contributed by atoms with Gasteiger partial charge in [0.15, 0.2) is 0 Å². The second-order valence-electron chi connectivity index (χ2n) is 9.35. The van der Waals surface area contributed by atoms with Crippen LogP contribution >= 0.6 is 0 Å². The fraction of sp³-hybridized carbons (Fsp3) is 0.500. The summed E-state index contributed by atoms with van der Waals surface area (Å²) in [6.45, 7) is 10.9. The lowest BCUT2D eigenvalue weighted by Crippen LogP contribution is -2.52. The van der Waals surface area contributed by atoms with Crippen molar-refractivity contribution in [1.29, 1.82) is 0 Å². The molecule has 0 saturated heterocycles. The molecule has 1 heterocycles. The molecule has 0 aliphatic carbocycles. The summed E-state index contributed by atoms with van der Waals surface area (Å²) in [6.07, 6.45) is 0.335. The van der Waals surface area contributed by atoms with Crippen LogP contribution in [0.25, 0.3) is 11.3 Å². The van der Waals surface area contributed by atoms with Gasteiger partial charge in [-0.05, 0) is 39.2 Å². The number of H-pyrrole nitrogens is 1. The number of aromatic nitrogens is 2. The van der Waals surface area contributed by atoms with E-state index >= 15 is 0 Å². The second kappa shape index (κ2) is 11.5. The Balaban J connectivity index is 2.25. The number of hydrogen-bond donors (Lipinski definition) is 4. The van der Waals surface area contributed by atoms with Crippen molar-refractivity contribution in [2.45, 2.75) is 59.2 Å². The maximum Gasteiger partial charge on any atom is 0.407 e. The minimum atomic E-state index is -0.844. The third kappa shape index (κ3) is 8.09. The van der Waals surface area contributed by atoms with Crippen molar-refractivity contribution < 1.29 is 23.9 Å². The van der Waals surface area contributed by atoms with Crippen LogP contribution in [0.3, 0.4) is 0 Å². The van der Waals surface area contributed by atoms with Crippen LogP contribution in [0.15, 0.2) is 30.5 Å². The summed E-state index contributed by atoms with van der Waals surface area (Å²) in [6, 6.07) is 6.36. The summed E-state index contributed by atoms with van der Waals surface area (Å²) < 4.78 is 9.94. The lowest BCUT2D eigenvalue weighted by Gasteiger charge is -2.25. The number of rotatable bonds is 8. The van der Waals surface area contributed by atoms with Crippen molar-refractivity contribution in [1.82, 2.24) is 25.9 Å². The van der Waals surface area contributed by atoms with Gasteiger partial charge in [0.25, 0.3) is 0 Å². The number of ether oxygens (including phenoxy) is 2. The number of aromatic amines is 1. The summed E-state index contributed by atoms with van der Waals surface area (Å²) in [5.41, 5.74) is 2.16. The zero-order chi connectivity index (χ0) is 25.5. The molecular weight excluding hydrogens is 438 g/mol. The number of amides is 3. The number of nitrogens with zero attached hydrogens (tertiary/aromatic N) is 1. The van der Waals surface area contributed by atoms with E-state index in [1.54, 1.807) is 40.8 Å². The van der Waals surface area contributed by atoms with Gasteiger partial charge >= 0.3 is 12.2 Å². The highest BCUT2D eigenvalue weighted by atomic mass is 16.6. The van der Waals surface area contributed by atoms with E-state index in [4.69, 9.17) is 4.74 Å². The number of carbonyl (C=O) groups is 3. The number of benzene rings is 1. The number of methoxy groups -OCH3 is 1. The molecule has 0 bridgehead atoms. The molecule has 0 spiro atoms. The van der Waals surface area contributed by atoms with Crippen LogP contribution in [0.1, 0.15) is 52.0 Å². The monoisotopic (exact) mass is 473 g/mol. The molecule has 34 heavy (non-hydrogen) atoms. The molecule has 0 radical (unpaired) electrons. The van der Waals surface area contributed by atoms with E-state index < -0.39 is 35.8 Å². The number of imidazole rings is 1. The van der Waals surface area contributed by atoms with E-state index in [1.807, 2.05) is 31.2 Å². The molecule has 0 saturated carbocycles. The van der Waals surface area contributed by atoms with Gasteiger partial charge in [-0.2, -0.15) is 0 Å². The smallest absolute Gasteiger partial charge is 0.407 e. The molecule has 186 valence electrons. The summed E-state index contributed by atoms with van der Waals surface area (Å²) in [5.74, 6) is -0.205. The highest BCUT2D eigenvalue weighted by Gasteiger charge is 2.29. The normalized spacial score (nSPS) is 13.1. The summed E-state index contributed by atoms with van der Waals surface area (Å²) in [5, 5.41) is 8.07. The predicted molar refractivity (Wildman–Crippen MR) is 128 cm³/mol. The van der Waals surface area contributed by atoms with Crippen molar-refractivity contribution in [2.75, 3.05) is 13.7 Å². The standard InChI is InChI=1S/C24H35N5O5/c1-14(2)19(29-23(32)33-7)21(30)28-18(13-26-22(31)34-24(4,5)6)20-25-12-17(27-20)16-10-8-15(3)9-11-16/h8-12,14,18-19H,13H2,1-7H3,(H,25,27)(H,26,31)(H,28,30)(H,29,32)/t18-,19-/m0/s1. The van der Waals surface area contributed by atoms with Crippen LogP contribution in [0.2, 0.25) is 0 Å². The van der Waals surface area contributed by atoms with Crippen LogP contribution in [0.5, 0.6) is 0 Å². The molecular formula is C24H35N5O5. The van der Waals surface area contributed by atoms with E-state index in [-0.39, 0.29) is 12.5 Å². The molecule has 10 nitrogen and oxygen atoms in total. The topological polar surface area (TPSA) is 134 Å². The third-order valence-electron chi connectivity index (χ3n) is 4.86. The Morgan fingerprint density at radius 3 is 2.26 bits per heavy atom. The summed E-state index contributed by atoms with van der Waals surface area (Å²) >= 11 is 0. The number of alkyl carbamates (subject to hydrolysis) is 2. The average molecular weight is 474 g/mol. The summed E-state index contributed by atoms with van der Waals surface area (Å²) in [4.78, 5) is 44.6. The fourth-order valence-electron chi connectivity index (χ4n) is 3.09. The van der Waals surface area contributed by atoms with Crippen LogP contribution in [0, 0.1) is 12.8 Å². The lowest BCUT2D eigenvalue weighted by molar-refractivity contribution is -0.124. The molecule has 4 N–H and O–H groups in total. The maximum absolute atomic E-state index is 13.0. The largest absolute Gasteiger partial charge is 0.453 e. The van der Waals surface area contributed by atoms with Crippen LogP contribution in [-0.2, 0) is 14.3 Å². The molecule has 3 amide bonds. The third-order valence-corrected chi connectivity index (χ3v) is 4.86. The molecule has 0 aliphatic heterocycles.